The van der Waals surface area contributed by atoms with Gasteiger partial charge in [0.2, 0.25) is 0 Å². The van der Waals surface area contributed by atoms with Crippen LogP contribution in [0, 0.1) is 0 Å². The molecule has 64 valence electrons. The highest BCUT2D eigenvalue weighted by molar-refractivity contribution is 5.17. The Morgan fingerprint density at radius 2 is 0.667 bits per heavy atom. The predicted octanol–water partition coefficient (Wildman–Crippen LogP) is 3.81. The van der Waals surface area contributed by atoms with Crippen molar-refractivity contribution < 1.29 is 0 Å². The van der Waals surface area contributed by atoms with Crippen molar-refractivity contribution in [1.29, 1.82) is 0 Å². The summed E-state index contributed by atoms with van der Waals surface area (Å²) in [6.45, 7) is 4.00. The van der Waals surface area contributed by atoms with Gasteiger partial charge in [-0.25, -0.2) is 0 Å². The van der Waals surface area contributed by atoms with E-state index in [1.54, 1.807) is 0 Å². The lowest BCUT2D eigenvalue weighted by molar-refractivity contribution is 1.72. The number of hydrogen-bond acceptors (Lipinski definition) is 0. The molecule has 0 aromatic rings. The van der Waals surface area contributed by atoms with Crippen LogP contribution in [-0.4, -0.2) is 0 Å². The van der Waals surface area contributed by atoms with Gasteiger partial charge in [-0.05, 0) is 13.8 Å². The summed E-state index contributed by atoms with van der Waals surface area (Å²) in [5.41, 5.74) is 0. The van der Waals surface area contributed by atoms with Crippen LogP contribution in [0.2, 0.25) is 0 Å². The van der Waals surface area contributed by atoms with Crippen LogP contribution in [0.3, 0.4) is 0 Å². The lowest BCUT2D eigenvalue weighted by Gasteiger charge is -1.72. The number of rotatable bonds is 4. The second-order valence-corrected chi connectivity index (χ2v) is 2.21. The molecule has 0 rings (SSSR count). The first-order valence-electron chi connectivity index (χ1n) is 4.15. The average molecular weight is 160 g/mol. The van der Waals surface area contributed by atoms with Crippen molar-refractivity contribution in [2.45, 2.75) is 13.8 Å². The van der Waals surface area contributed by atoms with E-state index in [2.05, 4.69) is 0 Å². The van der Waals surface area contributed by atoms with Gasteiger partial charge in [0.1, 0.15) is 0 Å². The highest BCUT2D eigenvalue weighted by atomic mass is 13.7. The van der Waals surface area contributed by atoms with Crippen molar-refractivity contribution in [2.24, 2.45) is 0 Å². The Morgan fingerprint density at radius 1 is 0.417 bits per heavy atom. The maximum atomic E-state index is 2.00. The Bertz CT molecular complexity index is 188. The molecule has 0 amide bonds. The Hall–Kier alpha value is -1.30. The molecular formula is C12H16. The van der Waals surface area contributed by atoms with Gasteiger partial charge in [-0.2, -0.15) is 0 Å². The summed E-state index contributed by atoms with van der Waals surface area (Å²) >= 11 is 0. The molecular weight excluding hydrogens is 144 g/mol. The van der Waals surface area contributed by atoms with E-state index in [-0.39, 0.29) is 0 Å². The second kappa shape index (κ2) is 9.70. The van der Waals surface area contributed by atoms with Crippen LogP contribution in [0.1, 0.15) is 13.8 Å². The monoisotopic (exact) mass is 160 g/mol. The van der Waals surface area contributed by atoms with Crippen LogP contribution in [0.4, 0.5) is 0 Å². The molecule has 0 atom stereocenters. The molecule has 0 heteroatoms. The molecule has 0 spiro atoms. The van der Waals surface area contributed by atoms with Crippen LogP contribution in [0.15, 0.2) is 60.8 Å². The van der Waals surface area contributed by atoms with Gasteiger partial charge >= 0.3 is 0 Å². The molecule has 0 unspecified atom stereocenters. The summed E-state index contributed by atoms with van der Waals surface area (Å²) in [6.07, 6.45) is 20.0. The summed E-state index contributed by atoms with van der Waals surface area (Å²) in [5, 5.41) is 0. The standard InChI is InChI=1S/C12H16/c1-3-5-7-9-11-12-10-8-6-4-2/h3-12H,1-2H3/b5-3+,6-4+,9-7+,10-8+,12-11-. The SMILES string of the molecule is C/C=C/C=C/C=C\C=C\C=C\C. The van der Waals surface area contributed by atoms with Crippen molar-refractivity contribution in [3.05, 3.63) is 60.8 Å². The quantitative estimate of drug-likeness (QED) is 0.549. The van der Waals surface area contributed by atoms with Crippen molar-refractivity contribution in [1.82, 2.24) is 0 Å². The predicted molar refractivity (Wildman–Crippen MR) is 57.0 cm³/mol. The summed E-state index contributed by atoms with van der Waals surface area (Å²) in [5.74, 6) is 0. The third kappa shape index (κ3) is 8.70. The Balaban J connectivity index is 3.62. The molecule has 0 nitrogen and oxygen atoms in total. The summed E-state index contributed by atoms with van der Waals surface area (Å²) in [7, 11) is 0. The van der Waals surface area contributed by atoms with E-state index in [4.69, 9.17) is 0 Å². The highest BCUT2D eigenvalue weighted by Gasteiger charge is 1.60. The molecule has 0 aromatic carbocycles. The van der Waals surface area contributed by atoms with Gasteiger partial charge in [-0.1, -0.05) is 60.8 Å². The van der Waals surface area contributed by atoms with Gasteiger partial charge in [-0.15, -0.1) is 0 Å². The fraction of sp³-hybridized carbons (Fsp3) is 0.167. The van der Waals surface area contributed by atoms with E-state index >= 15 is 0 Å². The third-order valence-electron chi connectivity index (χ3n) is 1.16. The zero-order chi connectivity index (χ0) is 9.07. The fourth-order valence-corrected chi connectivity index (χ4v) is 0.607. The maximum absolute atomic E-state index is 2.00. The minimum Gasteiger partial charge on any atom is -0.0877 e. The molecule has 0 aliphatic heterocycles. The van der Waals surface area contributed by atoms with E-state index < -0.39 is 0 Å². The fourth-order valence-electron chi connectivity index (χ4n) is 0.607. The van der Waals surface area contributed by atoms with Crippen molar-refractivity contribution in [3.63, 3.8) is 0 Å². The molecule has 0 fully saturated rings. The second-order valence-electron chi connectivity index (χ2n) is 2.21. The first-order chi connectivity index (χ1) is 5.91. The number of allylic oxidation sites excluding steroid dienone is 10. The Kier molecular flexibility index (Phi) is 8.65. The molecule has 0 N–H and O–H groups in total. The highest BCUT2D eigenvalue weighted by Crippen LogP contribution is 1.82. The molecule has 0 aliphatic rings. The van der Waals surface area contributed by atoms with E-state index in [1.807, 2.05) is 74.6 Å². The van der Waals surface area contributed by atoms with Gasteiger partial charge in [0.15, 0.2) is 0 Å². The first kappa shape index (κ1) is 10.7. The average Bonchev–Trinajstić information content (AvgIpc) is 2.10. The lowest BCUT2D eigenvalue weighted by atomic mass is 10.4. The summed E-state index contributed by atoms with van der Waals surface area (Å²) in [4.78, 5) is 0. The molecule has 0 bridgehead atoms. The van der Waals surface area contributed by atoms with E-state index in [1.165, 1.54) is 0 Å². The molecule has 0 saturated carbocycles. The lowest BCUT2D eigenvalue weighted by Crippen LogP contribution is -1.50. The van der Waals surface area contributed by atoms with Crippen LogP contribution < -0.4 is 0 Å². The van der Waals surface area contributed by atoms with Gasteiger partial charge in [-0.3, -0.25) is 0 Å². The summed E-state index contributed by atoms with van der Waals surface area (Å²) in [6, 6.07) is 0. The largest absolute Gasteiger partial charge is 0.0877 e. The van der Waals surface area contributed by atoms with E-state index in [0.717, 1.165) is 0 Å². The first-order valence-corrected chi connectivity index (χ1v) is 4.15. The van der Waals surface area contributed by atoms with Gasteiger partial charge < -0.3 is 0 Å². The zero-order valence-corrected chi connectivity index (χ0v) is 7.77. The Labute approximate surface area is 75.3 Å². The molecule has 0 saturated heterocycles. The van der Waals surface area contributed by atoms with Gasteiger partial charge in [0.25, 0.3) is 0 Å². The van der Waals surface area contributed by atoms with Gasteiger partial charge in [0.05, 0.1) is 0 Å². The van der Waals surface area contributed by atoms with Crippen LogP contribution in [-0.2, 0) is 0 Å². The van der Waals surface area contributed by atoms with Crippen LogP contribution in [0.25, 0.3) is 0 Å². The molecule has 0 radical (unpaired) electrons. The number of hydrogen-bond donors (Lipinski definition) is 0. The normalized spacial score (nSPS) is 13.8. The van der Waals surface area contributed by atoms with Gasteiger partial charge in [0, 0.05) is 0 Å². The minimum absolute atomic E-state index is 2.00. The van der Waals surface area contributed by atoms with Crippen molar-refractivity contribution in [2.75, 3.05) is 0 Å². The molecule has 0 heterocycles. The summed E-state index contributed by atoms with van der Waals surface area (Å²) < 4.78 is 0. The van der Waals surface area contributed by atoms with E-state index in [9.17, 15) is 0 Å². The van der Waals surface area contributed by atoms with Crippen LogP contribution >= 0.6 is 0 Å². The topological polar surface area (TPSA) is 0 Å². The smallest absolute Gasteiger partial charge is 0.0467 e. The van der Waals surface area contributed by atoms with Crippen LogP contribution in [0.5, 0.6) is 0 Å². The minimum atomic E-state index is 2.00. The van der Waals surface area contributed by atoms with E-state index in [0.29, 0.717) is 0 Å². The maximum Gasteiger partial charge on any atom is -0.0467 e. The molecule has 0 aliphatic carbocycles. The molecule has 0 aromatic heterocycles. The Morgan fingerprint density at radius 3 is 0.917 bits per heavy atom. The zero-order valence-electron chi connectivity index (χ0n) is 7.77. The van der Waals surface area contributed by atoms with Crippen molar-refractivity contribution >= 4 is 0 Å². The third-order valence-corrected chi connectivity index (χ3v) is 1.16. The van der Waals surface area contributed by atoms with Crippen molar-refractivity contribution in [3.8, 4) is 0 Å². The molecule has 12 heavy (non-hydrogen) atoms.